The molecule has 0 bridgehead atoms. The zero-order chi connectivity index (χ0) is 8.27. The summed E-state index contributed by atoms with van der Waals surface area (Å²) in [5, 5.41) is 0. The molecule has 0 fully saturated rings. The first-order chi connectivity index (χ1) is 5.24. The summed E-state index contributed by atoms with van der Waals surface area (Å²) in [6, 6.07) is 9.00. The van der Waals surface area contributed by atoms with Crippen molar-refractivity contribution in [1.82, 2.24) is 0 Å². The monoisotopic (exact) mass is 341 g/mol. The van der Waals surface area contributed by atoms with E-state index >= 15 is 0 Å². The van der Waals surface area contributed by atoms with Crippen LogP contribution in [0, 0.1) is 0 Å². The van der Waals surface area contributed by atoms with Crippen LogP contribution in [0.1, 0.15) is 30.9 Å². The van der Waals surface area contributed by atoms with Crippen LogP contribution in [0.5, 0.6) is 0 Å². The van der Waals surface area contributed by atoms with E-state index in [0.717, 1.165) is 0 Å². The van der Waals surface area contributed by atoms with E-state index in [9.17, 15) is 0 Å². The predicted octanol–water partition coefficient (Wildman–Crippen LogP) is 2.48. The molecular weight excluding hydrogens is 327 g/mol. The van der Waals surface area contributed by atoms with E-state index in [4.69, 9.17) is 0 Å². The van der Waals surface area contributed by atoms with Gasteiger partial charge in [0.15, 0.2) is 0 Å². The van der Waals surface area contributed by atoms with Crippen molar-refractivity contribution in [2.75, 3.05) is 0 Å². The van der Waals surface area contributed by atoms with E-state index in [1.165, 1.54) is 40.9 Å². The summed E-state index contributed by atoms with van der Waals surface area (Å²) >= 11 is 1.27. The van der Waals surface area contributed by atoms with E-state index < -0.39 is 0 Å². The van der Waals surface area contributed by atoms with Crippen molar-refractivity contribution in [3.05, 3.63) is 35.4 Å². The van der Waals surface area contributed by atoms with Crippen LogP contribution in [0.4, 0.5) is 0 Å². The topological polar surface area (TPSA) is 0 Å². The van der Waals surface area contributed by atoms with Gasteiger partial charge in [0, 0.05) is 0 Å². The van der Waals surface area contributed by atoms with Crippen LogP contribution < -0.4 is 0 Å². The SMILES string of the molecule is CC(C)c1ccc([CH2][Pb])cc1. The summed E-state index contributed by atoms with van der Waals surface area (Å²) in [4.78, 5) is 0. The molecule has 0 aromatic heterocycles. The normalized spacial score (nSPS) is 10.5. The number of rotatable bonds is 2. The molecule has 1 aromatic carbocycles. The number of hydrogen-bond donors (Lipinski definition) is 0. The fraction of sp³-hybridized carbons (Fsp3) is 0.400. The molecule has 57 valence electrons. The maximum absolute atomic E-state index is 2.25. The average molecular weight is 340 g/mol. The van der Waals surface area contributed by atoms with Crippen molar-refractivity contribution in [1.29, 1.82) is 0 Å². The third-order valence-corrected chi connectivity index (χ3v) is 3.44. The second-order valence-electron chi connectivity index (χ2n) is 3.07. The van der Waals surface area contributed by atoms with Crippen molar-refractivity contribution in [3.63, 3.8) is 0 Å². The number of hydrogen-bond acceptors (Lipinski definition) is 0. The molecule has 3 radical (unpaired) electrons. The van der Waals surface area contributed by atoms with Crippen LogP contribution >= 0.6 is 0 Å². The van der Waals surface area contributed by atoms with Gasteiger partial charge >= 0.3 is 84.9 Å². The van der Waals surface area contributed by atoms with Crippen molar-refractivity contribution in [2.24, 2.45) is 0 Å². The van der Waals surface area contributed by atoms with E-state index in [2.05, 4.69) is 38.1 Å². The van der Waals surface area contributed by atoms with Gasteiger partial charge in [-0.1, -0.05) is 0 Å². The summed E-state index contributed by atoms with van der Waals surface area (Å²) in [5.74, 6) is 0.665. The van der Waals surface area contributed by atoms with Gasteiger partial charge < -0.3 is 0 Å². The van der Waals surface area contributed by atoms with Crippen LogP contribution in [0.15, 0.2) is 24.3 Å². The predicted molar refractivity (Wildman–Crippen MR) is 50.0 cm³/mol. The van der Waals surface area contributed by atoms with Gasteiger partial charge in [0.05, 0.1) is 0 Å². The maximum atomic E-state index is 2.25. The Morgan fingerprint density at radius 2 is 1.73 bits per heavy atom. The van der Waals surface area contributed by atoms with Gasteiger partial charge in [0.25, 0.3) is 0 Å². The molecule has 11 heavy (non-hydrogen) atoms. The molecule has 0 aliphatic heterocycles. The Morgan fingerprint density at radius 1 is 1.18 bits per heavy atom. The summed E-state index contributed by atoms with van der Waals surface area (Å²) in [7, 11) is 0. The van der Waals surface area contributed by atoms with Crippen molar-refractivity contribution < 1.29 is 0 Å². The minimum absolute atomic E-state index is 0.665. The van der Waals surface area contributed by atoms with Gasteiger partial charge in [0.2, 0.25) is 0 Å². The Kier molecular flexibility index (Phi) is 3.56. The fourth-order valence-electron chi connectivity index (χ4n) is 1.02. The molecule has 0 heterocycles. The van der Waals surface area contributed by atoms with Crippen LogP contribution in [0.2, 0.25) is 0 Å². The summed E-state index contributed by atoms with van der Waals surface area (Å²) in [6.07, 6.45) is 0. The molecule has 0 unspecified atom stereocenters. The van der Waals surface area contributed by atoms with Crippen molar-refractivity contribution in [2.45, 2.75) is 23.7 Å². The van der Waals surface area contributed by atoms with Gasteiger partial charge in [0.1, 0.15) is 0 Å². The second-order valence-corrected chi connectivity index (χ2v) is 4.45. The van der Waals surface area contributed by atoms with Crippen LogP contribution in [-0.4, -0.2) is 25.8 Å². The molecule has 1 heteroatoms. The van der Waals surface area contributed by atoms with Gasteiger partial charge in [-0.2, -0.15) is 0 Å². The van der Waals surface area contributed by atoms with Crippen LogP contribution in [0.3, 0.4) is 0 Å². The van der Waals surface area contributed by atoms with E-state index in [1.54, 1.807) is 0 Å². The Labute approximate surface area is 84.7 Å². The average Bonchev–Trinajstić information content (AvgIpc) is 2.05. The summed E-state index contributed by atoms with van der Waals surface area (Å²) in [6.45, 7) is 4.46. The van der Waals surface area contributed by atoms with Crippen LogP contribution in [0.25, 0.3) is 0 Å². The van der Waals surface area contributed by atoms with E-state index in [-0.39, 0.29) is 0 Å². The molecule has 0 aliphatic carbocycles. The molecule has 0 saturated carbocycles. The first kappa shape index (κ1) is 9.23. The van der Waals surface area contributed by atoms with Crippen LogP contribution in [-0.2, 0) is 3.98 Å². The quantitative estimate of drug-likeness (QED) is 0.726. The standard InChI is InChI=1S/C10H13.Pb/c1-8(2)10-6-4-9(3)5-7-10;/h4-8H,3H2,1-2H3;. The molecule has 0 atom stereocenters. The molecule has 0 N–H and O–H groups in total. The summed E-state index contributed by atoms with van der Waals surface area (Å²) < 4.78 is 1.28. The molecule has 0 nitrogen and oxygen atoms in total. The van der Waals surface area contributed by atoms with E-state index in [1.807, 2.05) is 0 Å². The minimum atomic E-state index is 0.665. The van der Waals surface area contributed by atoms with Gasteiger partial charge in [-0.3, -0.25) is 0 Å². The second kappa shape index (κ2) is 4.24. The summed E-state index contributed by atoms with van der Waals surface area (Å²) in [5.41, 5.74) is 2.94. The Balaban J connectivity index is 2.83. The Morgan fingerprint density at radius 3 is 2.09 bits per heavy atom. The van der Waals surface area contributed by atoms with Gasteiger partial charge in [-0.15, -0.1) is 0 Å². The van der Waals surface area contributed by atoms with Gasteiger partial charge in [-0.25, -0.2) is 0 Å². The zero-order valence-electron chi connectivity index (χ0n) is 7.09. The first-order valence-corrected chi connectivity index (χ1v) is 6.72. The molecule has 0 aliphatic rings. The first-order valence-electron chi connectivity index (χ1n) is 3.97. The third kappa shape index (κ3) is 2.58. The van der Waals surface area contributed by atoms with Gasteiger partial charge in [-0.05, 0) is 0 Å². The van der Waals surface area contributed by atoms with Crippen molar-refractivity contribution >= 4 is 25.8 Å². The molecule has 0 saturated heterocycles. The molecule has 1 rings (SSSR count). The number of benzene rings is 1. The fourth-order valence-corrected chi connectivity index (χ4v) is 1.94. The Bertz CT molecular complexity index is 211. The molecule has 1 aromatic rings. The van der Waals surface area contributed by atoms with Crippen molar-refractivity contribution in [3.8, 4) is 0 Å². The molecular formula is C10H13Pb. The molecule has 0 amide bonds. The zero-order valence-corrected chi connectivity index (χ0v) is 11.0. The molecule has 0 spiro atoms. The third-order valence-electron chi connectivity index (χ3n) is 1.85. The Hall–Kier alpha value is 0.142. The van der Waals surface area contributed by atoms with E-state index in [0.29, 0.717) is 5.92 Å².